The van der Waals surface area contributed by atoms with Crippen LogP contribution in [0.5, 0.6) is 0 Å². The summed E-state index contributed by atoms with van der Waals surface area (Å²) in [5, 5.41) is 1.01. The van der Waals surface area contributed by atoms with Crippen LogP contribution in [0.2, 0.25) is 10.0 Å². The van der Waals surface area contributed by atoms with E-state index in [-0.39, 0.29) is 17.1 Å². The average Bonchev–Trinajstić information content (AvgIpc) is 2.75. The van der Waals surface area contributed by atoms with Gasteiger partial charge in [-0.15, -0.1) is 11.8 Å². The van der Waals surface area contributed by atoms with Gasteiger partial charge in [0.25, 0.3) is 11.8 Å². The molecular formula is C18H21Cl2NO3S. The lowest BCUT2D eigenvalue weighted by Crippen LogP contribution is -2.33. The Balaban J connectivity index is 2.35. The molecule has 0 saturated carbocycles. The highest BCUT2D eigenvalue weighted by molar-refractivity contribution is 8.04. The molecule has 2 rings (SSSR count). The van der Waals surface area contributed by atoms with Crippen molar-refractivity contribution < 1.29 is 14.3 Å². The lowest BCUT2D eigenvalue weighted by atomic mass is 10.1. The van der Waals surface area contributed by atoms with Crippen LogP contribution in [0, 0.1) is 0 Å². The summed E-state index contributed by atoms with van der Waals surface area (Å²) >= 11 is 13.6. The molecule has 25 heavy (non-hydrogen) atoms. The number of thioether (sulfide) groups is 1. The standard InChI is InChI=1S/C18H21Cl2NO3S/c1-4-24-9-5-8-21-17(22)15(16(18(21)23)25-11(2)3)13-7-6-12(19)10-14(13)20/h6-7,10-11H,4-5,8-9H2,1-3H3. The van der Waals surface area contributed by atoms with E-state index >= 15 is 0 Å². The van der Waals surface area contributed by atoms with E-state index in [9.17, 15) is 9.59 Å². The molecule has 0 bridgehead atoms. The van der Waals surface area contributed by atoms with Crippen LogP contribution in [-0.4, -0.2) is 41.7 Å². The Labute approximate surface area is 162 Å². The summed E-state index contributed by atoms with van der Waals surface area (Å²) in [6.45, 7) is 7.32. The third kappa shape index (κ3) is 4.79. The van der Waals surface area contributed by atoms with Gasteiger partial charge in [-0.3, -0.25) is 14.5 Å². The molecule has 0 unspecified atom stereocenters. The lowest BCUT2D eigenvalue weighted by Gasteiger charge is -2.15. The van der Waals surface area contributed by atoms with Crippen molar-refractivity contribution in [3.05, 3.63) is 38.7 Å². The van der Waals surface area contributed by atoms with Crippen molar-refractivity contribution in [2.75, 3.05) is 19.8 Å². The minimum atomic E-state index is -0.311. The van der Waals surface area contributed by atoms with Gasteiger partial charge in [0.2, 0.25) is 0 Å². The van der Waals surface area contributed by atoms with Crippen molar-refractivity contribution >= 4 is 52.4 Å². The fourth-order valence-corrected chi connectivity index (χ4v) is 4.00. The number of nitrogens with zero attached hydrogens (tertiary/aromatic N) is 1. The van der Waals surface area contributed by atoms with Crippen LogP contribution in [0.25, 0.3) is 5.57 Å². The minimum Gasteiger partial charge on any atom is -0.382 e. The van der Waals surface area contributed by atoms with Crippen LogP contribution >= 0.6 is 35.0 Å². The molecule has 4 nitrogen and oxygen atoms in total. The highest BCUT2D eigenvalue weighted by atomic mass is 35.5. The Kier molecular flexibility index (Phi) is 7.37. The first kappa shape index (κ1) is 20.3. The average molecular weight is 402 g/mol. The first-order chi connectivity index (χ1) is 11.9. The molecule has 7 heteroatoms. The monoisotopic (exact) mass is 401 g/mol. The van der Waals surface area contributed by atoms with Gasteiger partial charge in [0.15, 0.2) is 0 Å². The molecule has 1 aromatic carbocycles. The number of carbonyl (C=O) groups is 2. The van der Waals surface area contributed by atoms with E-state index in [4.69, 9.17) is 27.9 Å². The summed E-state index contributed by atoms with van der Waals surface area (Å²) in [5.41, 5.74) is 0.904. The smallest absolute Gasteiger partial charge is 0.267 e. The molecule has 0 aliphatic carbocycles. The van der Waals surface area contributed by atoms with E-state index in [0.717, 1.165) is 0 Å². The fourth-order valence-electron chi connectivity index (χ4n) is 2.50. The van der Waals surface area contributed by atoms with E-state index < -0.39 is 0 Å². The summed E-state index contributed by atoms with van der Waals surface area (Å²) in [6, 6.07) is 4.94. The zero-order chi connectivity index (χ0) is 18.6. The molecule has 1 heterocycles. The largest absolute Gasteiger partial charge is 0.382 e. The highest BCUT2D eigenvalue weighted by Gasteiger charge is 2.39. The number of amides is 2. The van der Waals surface area contributed by atoms with Crippen LogP contribution in [0.1, 0.15) is 32.8 Å². The van der Waals surface area contributed by atoms with E-state index in [1.165, 1.54) is 16.7 Å². The third-order valence-electron chi connectivity index (χ3n) is 3.55. The van der Waals surface area contributed by atoms with Crippen molar-refractivity contribution in [3.63, 3.8) is 0 Å². The van der Waals surface area contributed by atoms with Gasteiger partial charge in [0.1, 0.15) is 0 Å². The second kappa shape index (κ2) is 9.08. The number of ether oxygens (including phenoxy) is 1. The highest BCUT2D eigenvalue weighted by Crippen LogP contribution is 2.40. The summed E-state index contributed by atoms with van der Waals surface area (Å²) in [6.07, 6.45) is 0.604. The van der Waals surface area contributed by atoms with Gasteiger partial charge in [0.05, 0.1) is 15.5 Å². The second-order valence-corrected chi connectivity index (χ2v) is 8.24. The predicted molar refractivity (Wildman–Crippen MR) is 104 cm³/mol. The maximum atomic E-state index is 12.9. The minimum absolute atomic E-state index is 0.163. The molecule has 1 aliphatic rings. The zero-order valence-corrected chi connectivity index (χ0v) is 16.8. The summed E-state index contributed by atoms with van der Waals surface area (Å²) in [4.78, 5) is 27.4. The van der Waals surface area contributed by atoms with Gasteiger partial charge in [0, 0.05) is 35.6 Å². The van der Waals surface area contributed by atoms with Crippen molar-refractivity contribution in [1.82, 2.24) is 4.90 Å². The van der Waals surface area contributed by atoms with Gasteiger partial charge < -0.3 is 4.74 Å². The van der Waals surface area contributed by atoms with Gasteiger partial charge >= 0.3 is 0 Å². The summed E-state index contributed by atoms with van der Waals surface area (Å²) < 4.78 is 5.30. The van der Waals surface area contributed by atoms with Crippen molar-refractivity contribution in [3.8, 4) is 0 Å². The number of halogens is 2. The number of carbonyl (C=O) groups excluding carboxylic acids is 2. The molecule has 0 radical (unpaired) electrons. The van der Waals surface area contributed by atoms with E-state index in [2.05, 4.69) is 0 Å². The molecule has 0 saturated heterocycles. The Morgan fingerprint density at radius 3 is 2.52 bits per heavy atom. The predicted octanol–water partition coefficient (Wildman–Crippen LogP) is 4.64. The number of imide groups is 1. The van der Waals surface area contributed by atoms with Gasteiger partial charge in [-0.25, -0.2) is 0 Å². The molecule has 0 N–H and O–H groups in total. The number of rotatable bonds is 8. The number of hydrogen-bond donors (Lipinski definition) is 0. The molecule has 0 fully saturated rings. The molecule has 0 atom stereocenters. The SMILES string of the molecule is CCOCCCN1C(=O)C(SC(C)C)=C(c2ccc(Cl)cc2Cl)C1=O. The first-order valence-electron chi connectivity index (χ1n) is 8.17. The summed E-state index contributed by atoms with van der Waals surface area (Å²) in [7, 11) is 0. The zero-order valence-electron chi connectivity index (χ0n) is 14.5. The molecule has 0 spiro atoms. The maximum Gasteiger partial charge on any atom is 0.267 e. The van der Waals surface area contributed by atoms with Gasteiger partial charge in [-0.1, -0.05) is 43.1 Å². The molecule has 136 valence electrons. The van der Waals surface area contributed by atoms with Crippen molar-refractivity contribution in [2.24, 2.45) is 0 Å². The second-order valence-electron chi connectivity index (χ2n) is 5.81. The van der Waals surface area contributed by atoms with Crippen LogP contribution < -0.4 is 0 Å². The molecule has 0 aromatic heterocycles. The summed E-state index contributed by atoms with van der Waals surface area (Å²) in [5.74, 6) is -0.574. The quantitative estimate of drug-likeness (QED) is 0.470. The fraction of sp³-hybridized carbons (Fsp3) is 0.444. The lowest BCUT2D eigenvalue weighted by molar-refractivity contribution is -0.136. The Morgan fingerprint density at radius 2 is 1.92 bits per heavy atom. The van der Waals surface area contributed by atoms with E-state index in [0.29, 0.717) is 52.3 Å². The van der Waals surface area contributed by atoms with Crippen LogP contribution in [0.3, 0.4) is 0 Å². The number of hydrogen-bond acceptors (Lipinski definition) is 4. The maximum absolute atomic E-state index is 12.9. The normalized spacial score (nSPS) is 15.0. The first-order valence-corrected chi connectivity index (χ1v) is 9.80. The van der Waals surface area contributed by atoms with Gasteiger partial charge in [-0.2, -0.15) is 0 Å². The Bertz CT molecular complexity index is 704. The third-order valence-corrected chi connectivity index (χ3v) is 5.19. The van der Waals surface area contributed by atoms with Gasteiger partial charge in [-0.05, 0) is 25.5 Å². The molecule has 2 amide bonds. The van der Waals surface area contributed by atoms with Crippen molar-refractivity contribution in [1.29, 1.82) is 0 Å². The van der Waals surface area contributed by atoms with Crippen LogP contribution in [0.15, 0.2) is 23.1 Å². The Hall–Kier alpha value is -1.01. The van der Waals surface area contributed by atoms with Crippen LogP contribution in [-0.2, 0) is 14.3 Å². The van der Waals surface area contributed by atoms with Crippen LogP contribution in [0.4, 0.5) is 0 Å². The Morgan fingerprint density at radius 1 is 1.20 bits per heavy atom. The topological polar surface area (TPSA) is 46.6 Å². The number of benzene rings is 1. The van der Waals surface area contributed by atoms with E-state index in [1.807, 2.05) is 20.8 Å². The molecular weight excluding hydrogens is 381 g/mol. The molecule has 1 aliphatic heterocycles. The van der Waals surface area contributed by atoms with E-state index in [1.54, 1.807) is 18.2 Å². The molecule has 1 aromatic rings. The van der Waals surface area contributed by atoms with Crippen molar-refractivity contribution in [2.45, 2.75) is 32.4 Å².